The molecule has 140 valence electrons. The summed E-state index contributed by atoms with van der Waals surface area (Å²) < 4.78 is 26.4. The lowest BCUT2D eigenvalue weighted by atomic mass is 10.1. The average Bonchev–Trinajstić information content (AvgIpc) is 2.60. The Morgan fingerprint density at radius 2 is 1.76 bits per heavy atom. The number of nitro groups is 1. The molecule has 1 aromatic carbocycles. The summed E-state index contributed by atoms with van der Waals surface area (Å²) in [4.78, 5) is 23.7. The number of piperazine rings is 1. The number of nitro benzene ring substituents is 1. The molecule has 0 radical (unpaired) electrons. The first-order chi connectivity index (χ1) is 11.3. The number of nitrogens with zero attached hydrogens (tertiary/aromatic N) is 3. The van der Waals surface area contributed by atoms with Gasteiger partial charge < -0.3 is 10.6 Å². The summed E-state index contributed by atoms with van der Waals surface area (Å²) in [5.74, 6) is -0.368. The zero-order valence-corrected chi connectivity index (χ0v) is 15.3. The highest BCUT2D eigenvalue weighted by molar-refractivity contribution is 7.89. The second-order valence-corrected chi connectivity index (χ2v) is 7.56. The maximum Gasteiger partial charge on any atom is 0.269 e. The number of nitrogens with two attached hydrogens (primary N) is 1. The van der Waals surface area contributed by atoms with E-state index in [0.717, 1.165) is 12.1 Å². The molecular formula is C14H21ClN4O5S. The number of carbonyl (C=O) groups excluding carboxylic acids is 1. The van der Waals surface area contributed by atoms with Crippen LogP contribution in [0.4, 0.5) is 5.69 Å². The van der Waals surface area contributed by atoms with Crippen LogP contribution < -0.4 is 5.73 Å². The van der Waals surface area contributed by atoms with Gasteiger partial charge in [0.1, 0.15) is 0 Å². The van der Waals surface area contributed by atoms with Gasteiger partial charge in [-0.2, -0.15) is 4.31 Å². The number of carbonyl (C=O) groups is 1. The van der Waals surface area contributed by atoms with E-state index in [1.165, 1.54) is 16.4 Å². The fourth-order valence-corrected chi connectivity index (χ4v) is 3.87. The average molecular weight is 393 g/mol. The summed E-state index contributed by atoms with van der Waals surface area (Å²) in [6, 6.07) is 4.77. The fourth-order valence-electron chi connectivity index (χ4n) is 2.45. The van der Waals surface area contributed by atoms with Crippen molar-refractivity contribution >= 4 is 34.0 Å². The molecule has 0 saturated carbocycles. The van der Waals surface area contributed by atoms with Gasteiger partial charge in [0, 0.05) is 50.8 Å². The first-order valence-corrected chi connectivity index (χ1v) is 8.95. The number of non-ortho nitro benzene ring substituents is 1. The number of rotatable bonds is 5. The van der Waals surface area contributed by atoms with Crippen molar-refractivity contribution in [2.75, 3.05) is 32.7 Å². The van der Waals surface area contributed by atoms with Crippen molar-refractivity contribution in [2.24, 2.45) is 11.7 Å². The largest absolute Gasteiger partial charge is 0.340 e. The van der Waals surface area contributed by atoms with Gasteiger partial charge >= 0.3 is 0 Å². The molecule has 2 rings (SSSR count). The van der Waals surface area contributed by atoms with Gasteiger partial charge in [0.2, 0.25) is 15.9 Å². The van der Waals surface area contributed by atoms with E-state index in [0.29, 0.717) is 13.1 Å². The van der Waals surface area contributed by atoms with Crippen LogP contribution in [0, 0.1) is 16.0 Å². The van der Waals surface area contributed by atoms with Gasteiger partial charge in [0.25, 0.3) is 5.69 Å². The Morgan fingerprint density at radius 1 is 1.24 bits per heavy atom. The fraction of sp³-hybridized carbons (Fsp3) is 0.500. The highest BCUT2D eigenvalue weighted by Gasteiger charge is 2.31. The van der Waals surface area contributed by atoms with Gasteiger partial charge in [-0.3, -0.25) is 14.9 Å². The van der Waals surface area contributed by atoms with Crippen LogP contribution in [0.5, 0.6) is 0 Å². The Bertz CT molecular complexity index is 717. The first kappa shape index (κ1) is 21.3. The summed E-state index contributed by atoms with van der Waals surface area (Å²) in [5.41, 5.74) is 5.32. The van der Waals surface area contributed by atoms with Gasteiger partial charge in [0.15, 0.2) is 0 Å². The number of amides is 1. The summed E-state index contributed by atoms with van der Waals surface area (Å²) in [7, 11) is -3.73. The van der Waals surface area contributed by atoms with Gasteiger partial charge in [-0.1, -0.05) is 6.92 Å². The zero-order chi connectivity index (χ0) is 17.9. The number of hydrogen-bond acceptors (Lipinski definition) is 6. The van der Waals surface area contributed by atoms with E-state index in [-0.39, 0.29) is 54.4 Å². The van der Waals surface area contributed by atoms with E-state index in [1.807, 2.05) is 0 Å². The van der Waals surface area contributed by atoms with Crippen molar-refractivity contribution in [3.8, 4) is 0 Å². The zero-order valence-electron chi connectivity index (χ0n) is 13.7. The van der Waals surface area contributed by atoms with Crippen LogP contribution in [0.25, 0.3) is 0 Å². The van der Waals surface area contributed by atoms with Crippen LogP contribution in [0.15, 0.2) is 29.2 Å². The Kier molecular flexibility index (Phi) is 7.29. The van der Waals surface area contributed by atoms with Crippen LogP contribution in [-0.2, 0) is 14.8 Å². The third-order valence-corrected chi connectivity index (χ3v) is 5.92. The third-order valence-electron chi connectivity index (χ3n) is 4.01. The number of sulfonamides is 1. The second-order valence-electron chi connectivity index (χ2n) is 5.62. The molecule has 1 aromatic rings. The molecule has 1 fully saturated rings. The van der Waals surface area contributed by atoms with E-state index in [2.05, 4.69) is 0 Å². The van der Waals surface area contributed by atoms with Crippen LogP contribution in [0.1, 0.15) is 6.92 Å². The predicted octanol–water partition coefficient (Wildman–Crippen LogP) is 0.444. The monoisotopic (exact) mass is 392 g/mol. The lowest BCUT2D eigenvalue weighted by Gasteiger charge is -2.35. The van der Waals surface area contributed by atoms with E-state index in [1.54, 1.807) is 11.8 Å². The van der Waals surface area contributed by atoms with Crippen molar-refractivity contribution < 1.29 is 18.1 Å². The number of halogens is 1. The minimum Gasteiger partial charge on any atom is -0.340 e. The van der Waals surface area contributed by atoms with Gasteiger partial charge in [0.05, 0.1) is 9.82 Å². The highest BCUT2D eigenvalue weighted by Crippen LogP contribution is 2.21. The smallest absolute Gasteiger partial charge is 0.269 e. The van der Waals surface area contributed by atoms with Gasteiger partial charge in [-0.05, 0) is 12.1 Å². The Morgan fingerprint density at radius 3 is 2.20 bits per heavy atom. The minimum atomic E-state index is -3.73. The molecule has 25 heavy (non-hydrogen) atoms. The van der Waals surface area contributed by atoms with Crippen LogP contribution in [0.2, 0.25) is 0 Å². The van der Waals surface area contributed by atoms with Crippen LogP contribution in [0.3, 0.4) is 0 Å². The van der Waals surface area contributed by atoms with Gasteiger partial charge in [-0.25, -0.2) is 8.42 Å². The molecular weight excluding hydrogens is 372 g/mol. The number of hydrogen-bond donors (Lipinski definition) is 1. The lowest BCUT2D eigenvalue weighted by Crippen LogP contribution is -2.52. The molecule has 0 spiro atoms. The standard InChI is InChI=1S/C14H20N4O5S.ClH/c1-11(10-15)14(19)16-6-8-17(9-7-16)24(22,23)13-4-2-12(3-5-13)18(20)21;/h2-5,11H,6-10,15H2,1H3;1H. The van der Waals surface area contributed by atoms with E-state index < -0.39 is 14.9 Å². The molecule has 1 aliphatic heterocycles. The molecule has 0 aromatic heterocycles. The van der Waals surface area contributed by atoms with E-state index in [9.17, 15) is 23.3 Å². The molecule has 11 heteroatoms. The van der Waals surface area contributed by atoms with Crippen LogP contribution in [-0.4, -0.2) is 61.2 Å². The Hall–Kier alpha value is -1.75. The van der Waals surface area contributed by atoms with Crippen molar-refractivity contribution in [1.82, 2.24) is 9.21 Å². The lowest BCUT2D eigenvalue weighted by molar-refractivity contribution is -0.384. The summed E-state index contributed by atoms with van der Waals surface area (Å²) >= 11 is 0. The maximum absolute atomic E-state index is 12.6. The maximum atomic E-state index is 12.6. The van der Waals surface area contributed by atoms with E-state index in [4.69, 9.17) is 5.73 Å². The second kappa shape index (κ2) is 8.56. The predicted molar refractivity (Wildman–Crippen MR) is 93.9 cm³/mol. The van der Waals surface area contributed by atoms with Crippen molar-refractivity contribution in [3.63, 3.8) is 0 Å². The summed E-state index contributed by atoms with van der Waals surface area (Å²) in [6.07, 6.45) is 0. The molecule has 1 aliphatic rings. The molecule has 2 N–H and O–H groups in total. The Balaban J connectivity index is 0.00000312. The van der Waals surface area contributed by atoms with Crippen molar-refractivity contribution in [3.05, 3.63) is 34.4 Å². The van der Waals surface area contributed by atoms with Gasteiger partial charge in [-0.15, -0.1) is 12.4 Å². The SMILES string of the molecule is CC(CN)C(=O)N1CCN(S(=O)(=O)c2ccc([N+](=O)[O-])cc2)CC1.Cl. The topological polar surface area (TPSA) is 127 Å². The summed E-state index contributed by atoms with van der Waals surface area (Å²) in [6.45, 7) is 2.96. The molecule has 0 aliphatic carbocycles. The van der Waals surface area contributed by atoms with Crippen LogP contribution >= 0.6 is 12.4 Å². The first-order valence-electron chi connectivity index (χ1n) is 7.51. The van der Waals surface area contributed by atoms with E-state index >= 15 is 0 Å². The molecule has 9 nitrogen and oxygen atoms in total. The molecule has 1 amide bonds. The van der Waals surface area contributed by atoms with Crippen molar-refractivity contribution in [2.45, 2.75) is 11.8 Å². The molecule has 1 unspecified atom stereocenters. The molecule has 1 atom stereocenters. The third kappa shape index (κ3) is 4.66. The van der Waals surface area contributed by atoms with Crippen molar-refractivity contribution in [1.29, 1.82) is 0 Å². The molecule has 1 heterocycles. The summed E-state index contributed by atoms with van der Waals surface area (Å²) in [5, 5.41) is 10.6. The quantitative estimate of drug-likeness (QED) is 0.572. The molecule has 0 bridgehead atoms. The number of benzene rings is 1. The Labute approximate surface area is 152 Å². The minimum absolute atomic E-state index is 0. The highest BCUT2D eigenvalue weighted by atomic mass is 35.5. The molecule has 1 saturated heterocycles. The normalized spacial score (nSPS) is 16.8.